The third-order valence-electron chi connectivity index (χ3n) is 3.79. The molecule has 0 aliphatic carbocycles. The molecule has 1 saturated heterocycles. The van der Waals surface area contributed by atoms with Gasteiger partial charge in [-0.25, -0.2) is 9.78 Å². The van der Waals surface area contributed by atoms with Crippen LogP contribution in [-0.2, 0) is 16.1 Å². The number of rotatable bonds is 2. The normalized spacial score (nSPS) is 17.2. The molecule has 0 radical (unpaired) electrons. The van der Waals surface area contributed by atoms with E-state index in [9.17, 15) is 18.0 Å². The number of aliphatic carboxylic acids is 1. The maximum absolute atomic E-state index is 11.9. The van der Waals surface area contributed by atoms with Gasteiger partial charge in [-0.15, -0.1) is 0 Å². The van der Waals surface area contributed by atoms with Gasteiger partial charge in [0.2, 0.25) is 5.91 Å². The highest BCUT2D eigenvalue weighted by Crippen LogP contribution is 2.22. The maximum Gasteiger partial charge on any atom is 0.490 e. The fourth-order valence-electron chi connectivity index (χ4n) is 2.50. The Balaban J connectivity index is 0.000000298. The summed E-state index contributed by atoms with van der Waals surface area (Å²) < 4.78 is 31.7. The van der Waals surface area contributed by atoms with Gasteiger partial charge in [0.05, 0.1) is 11.6 Å². The van der Waals surface area contributed by atoms with E-state index in [1.165, 1.54) is 0 Å². The van der Waals surface area contributed by atoms with Crippen LogP contribution < -0.4 is 11.5 Å². The molecular weight excluding hydrogens is 353 g/mol. The number of nitrogen functional groups attached to an aromatic ring is 1. The standard InChI is InChI=1S/C14H16N4O.C2HF3O2/c15-11-6-7-18(14(11)19)8-9-2-1-3-12-10(9)4-5-13(16)17-12;3-2(4,5)1(6)7/h1-5,11H,6-8,15H2,(H2,16,17);(H,6,7)/t11-;/m0./s1. The zero-order valence-corrected chi connectivity index (χ0v) is 13.5. The van der Waals surface area contributed by atoms with E-state index in [2.05, 4.69) is 4.98 Å². The molecule has 2 heterocycles. The van der Waals surface area contributed by atoms with Crippen molar-refractivity contribution in [3.63, 3.8) is 0 Å². The van der Waals surface area contributed by atoms with Crippen molar-refractivity contribution in [2.75, 3.05) is 12.3 Å². The van der Waals surface area contributed by atoms with Gasteiger partial charge in [0.15, 0.2) is 0 Å². The van der Waals surface area contributed by atoms with Crippen LogP contribution in [-0.4, -0.2) is 45.6 Å². The van der Waals surface area contributed by atoms with Gasteiger partial charge in [-0.05, 0) is 30.2 Å². The lowest BCUT2D eigenvalue weighted by atomic mass is 10.1. The first-order valence-corrected chi connectivity index (χ1v) is 7.58. The Hall–Kier alpha value is -2.88. The number of likely N-dealkylation sites (tertiary alicyclic amines) is 1. The summed E-state index contributed by atoms with van der Waals surface area (Å²) in [4.78, 5) is 26.9. The highest BCUT2D eigenvalue weighted by Gasteiger charge is 2.38. The monoisotopic (exact) mass is 370 g/mol. The molecule has 140 valence electrons. The van der Waals surface area contributed by atoms with E-state index in [0.717, 1.165) is 29.4 Å². The summed E-state index contributed by atoms with van der Waals surface area (Å²) in [6.07, 6.45) is -4.35. The van der Waals surface area contributed by atoms with Crippen LogP contribution in [0, 0.1) is 0 Å². The molecule has 2 aromatic rings. The number of hydrogen-bond donors (Lipinski definition) is 3. The summed E-state index contributed by atoms with van der Waals surface area (Å²) in [6, 6.07) is 9.26. The number of aromatic nitrogens is 1. The molecule has 1 aromatic carbocycles. The minimum atomic E-state index is -5.08. The van der Waals surface area contributed by atoms with Gasteiger partial charge >= 0.3 is 12.1 Å². The SMILES string of the molecule is Nc1ccc2c(CN3CC[C@H](N)C3=O)cccc2n1.O=C(O)C(F)(F)F. The third-order valence-corrected chi connectivity index (χ3v) is 3.79. The fraction of sp³-hybridized carbons (Fsp3) is 0.312. The minimum absolute atomic E-state index is 0.0282. The topological polar surface area (TPSA) is 123 Å². The molecule has 0 unspecified atom stereocenters. The van der Waals surface area contributed by atoms with E-state index in [4.69, 9.17) is 21.4 Å². The lowest BCUT2D eigenvalue weighted by molar-refractivity contribution is -0.192. The predicted molar refractivity (Wildman–Crippen MR) is 87.9 cm³/mol. The zero-order valence-electron chi connectivity index (χ0n) is 13.5. The summed E-state index contributed by atoms with van der Waals surface area (Å²) in [7, 11) is 0. The Morgan fingerprint density at radius 1 is 1.31 bits per heavy atom. The molecule has 0 spiro atoms. The van der Waals surface area contributed by atoms with E-state index in [1.807, 2.05) is 24.3 Å². The van der Waals surface area contributed by atoms with Crippen molar-refractivity contribution in [2.24, 2.45) is 5.73 Å². The van der Waals surface area contributed by atoms with Crippen molar-refractivity contribution in [3.8, 4) is 0 Å². The van der Waals surface area contributed by atoms with E-state index in [-0.39, 0.29) is 11.9 Å². The third kappa shape index (κ3) is 4.60. The minimum Gasteiger partial charge on any atom is -0.475 e. The summed E-state index contributed by atoms with van der Waals surface area (Å²) in [5, 5.41) is 8.16. The number of carbonyl (C=O) groups is 2. The van der Waals surface area contributed by atoms with Crippen LogP contribution in [0.1, 0.15) is 12.0 Å². The molecule has 1 fully saturated rings. The number of hydrogen-bond acceptors (Lipinski definition) is 5. The van der Waals surface area contributed by atoms with Crippen LogP contribution in [0.3, 0.4) is 0 Å². The molecule has 0 bridgehead atoms. The Labute approximate surface area is 146 Å². The van der Waals surface area contributed by atoms with Gasteiger partial charge in [-0.2, -0.15) is 13.2 Å². The van der Waals surface area contributed by atoms with Crippen LogP contribution in [0.2, 0.25) is 0 Å². The number of alkyl halides is 3. The van der Waals surface area contributed by atoms with Gasteiger partial charge < -0.3 is 21.5 Å². The van der Waals surface area contributed by atoms with Crippen molar-refractivity contribution in [1.29, 1.82) is 0 Å². The lowest BCUT2D eigenvalue weighted by Crippen LogP contribution is -2.33. The second-order valence-electron chi connectivity index (χ2n) is 5.68. The average Bonchev–Trinajstić information content (AvgIpc) is 2.86. The molecule has 1 atom stereocenters. The quantitative estimate of drug-likeness (QED) is 0.736. The molecule has 1 aliphatic heterocycles. The Kier molecular flexibility index (Phi) is 5.66. The summed E-state index contributed by atoms with van der Waals surface area (Å²) in [5.74, 6) is -2.23. The number of fused-ring (bicyclic) bond motifs is 1. The van der Waals surface area contributed by atoms with Crippen molar-refractivity contribution in [2.45, 2.75) is 25.2 Å². The Morgan fingerprint density at radius 3 is 2.50 bits per heavy atom. The number of nitrogens with two attached hydrogens (primary N) is 2. The first-order chi connectivity index (χ1) is 12.1. The average molecular weight is 370 g/mol. The van der Waals surface area contributed by atoms with Crippen molar-refractivity contribution in [1.82, 2.24) is 9.88 Å². The molecule has 3 rings (SSSR count). The van der Waals surface area contributed by atoms with E-state index in [0.29, 0.717) is 12.4 Å². The second-order valence-corrected chi connectivity index (χ2v) is 5.68. The van der Waals surface area contributed by atoms with Crippen LogP contribution in [0.15, 0.2) is 30.3 Å². The smallest absolute Gasteiger partial charge is 0.475 e. The van der Waals surface area contributed by atoms with Crippen LogP contribution in [0.25, 0.3) is 10.9 Å². The van der Waals surface area contributed by atoms with E-state index >= 15 is 0 Å². The van der Waals surface area contributed by atoms with Gasteiger partial charge in [0.25, 0.3) is 0 Å². The number of benzene rings is 1. The molecule has 1 aliphatic rings. The van der Waals surface area contributed by atoms with Gasteiger partial charge in [-0.1, -0.05) is 12.1 Å². The number of nitrogens with zero attached hydrogens (tertiary/aromatic N) is 2. The fourth-order valence-corrected chi connectivity index (χ4v) is 2.50. The molecule has 7 nitrogen and oxygen atoms in total. The van der Waals surface area contributed by atoms with Gasteiger partial charge in [-0.3, -0.25) is 4.79 Å². The van der Waals surface area contributed by atoms with E-state index < -0.39 is 12.1 Å². The summed E-state index contributed by atoms with van der Waals surface area (Å²) in [5.41, 5.74) is 13.4. The highest BCUT2D eigenvalue weighted by molar-refractivity contribution is 5.86. The number of carboxylic acids is 1. The Morgan fingerprint density at radius 2 is 1.96 bits per heavy atom. The first-order valence-electron chi connectivity index (χ1n) is 7.58. The first kappa shape index (κ1) is 19.4. The maximum atomic E-state index is 11.9. The van der Waals surface area contributed by atoms with Crippen molar-refractivity contribution < 1.29 is 27.9 Å². The van der Waals surface area contributed by atoms with Crippen LogP contribution in [0.4, 0.5) is 19.0 Å². The van der Waals surface area contributed by atoms with Gasteiger partial charge in [0.1, 0.15) is 5.82 Å². The van der Waals surface area contributed by atoms with Crippen LogP contribution >= 0.6 is 0 Å². The number of amides is 1. The zero-order chi connectivity index (χ0) is 19.5. The van der Waals surface area contributed by atoms with Crippen molar-refractivity contribution in [3.05, 3.63) is 35.9 Å². The number of anilines is 1. The molecule has 1 amide bonds. The molecule has 26 heavy (non-hydrogen) atoms. The number of carbonyl (C=O) groups excluding carboxylic acids is 1. The van der Waals surface area contributed by atoms with Crippen molar-refractivity contribution >= 4 is 28.6 Å². The number of halogens is 3. The highest BCUT2D eigenvalue weighted by atomic mass is 19.4. The molecule has 1 aromatic heterocycles. The van der Waals surface area contributed by atoms with E-state index in [1.54, 1.807) is 11.0 Å². The molecular formula is C16H17F3N4O3. The summed E-state index contributed by atoms with van der Waals surface area (Å²) in [6.45, 7) is 1.30. The number of carboxylic acid groups (broad SMARTS) is 1. The second kappa shape index (κ2) is 7.56. The van der Waals surface area contributed by atoms with Crippen LogP contribution in [0.5, 0.6) is 0 Å². The molecule has 10 heteroatoms. The van der Waals surface area contributed by atoms with Gasteiger partial charge in [0, 0.05) is 18.5 Å². The number of pyridine rings is 1. The molecule has 5 N–H and O–H groups in total. The lowest BCUT2D eigenvalue weighted by Gasteiger charge is -2.17. The Bertz CT molecular complexity index is 826. The predicted octanol–water partition coefficient (Wildman–Crippen LogP) is 1.51. The largest absolute Gasteiger partial charge is 0.490 e. The summed E-state index contributed by atoms with van der Waals surface area (Å²) >= 11 is 0. The molecule has 0 saturated carbocycles.